The molecular formula is C11H14S. The van der Waals surface area contributed by atoms with Crippen LogP contribution in [0.1, 0.15) is 25.3 Å². The Morgan fingerprint density at radius 1 is 1.42 bits per heavy atom. The van der Waals surface area contributed by atoms with E-state index < -0.39 is 0 Å². The summed E-state index contributed by atoms with van der Waals surface area (Å²) >= 11 is 2.06. The zero-order chi connectivity index (χ0) is 8.39. The fraction of sp³-hybridized carbons (Fsp3) is 0.455. The highest BCUT2D eigenvalue weighted by molar-refractivity contribution is 8.00. The van der Waals surface area contributed by atoms with E-state index in [1.165, 1.54) is 24.2 Å². The van der Waals surface area contributed by atoms with Crippen LogP contribution in [0.3, 0.4) is 0 Å². The fourth-order valence-electron chi connectivity index (χ4n) is 1.67. The van der Waals surface area contributed by atoms with Crippen molar-refractivity contribution in [1.29, 1.82) is 0 Å². The van der Waals surface area contributed by atoms with Gasteiger partial charge in [-0.3, -0.25) is 0 Å². The van der Waals surface area contributed by atoms with Gasteiger partial charge in [0, 0.05) is 10.1 Å². The molecule has 0 saturated carbocycles. The fourth-order valence-corrected chi connectivity index (χ4v) is 2.91. The van der Waals surface area contributed by atoms with Gasteiger partial charge in [0.15, 0.2) is 0 Å². The summed E-state index contributed by atoms with van der Waals surface area (Å²) in [6.07, 6.45) is 3.94. The van der Waals surface area contributed by atoms with Crippen molar-refractivity contribution in [2.45, 2.75) is 36.3 Å². The molecule has 1 aromatic rings. The van der Waals surface area contributed by atoms with E-state index in [4.69, 9.17) is 0 Å². The largest absolute Gasteiger partial charge is 0.122 e. The summed E-state index contributed by atoms with van der Waals surface area (Å²) in [6.45, 7) is 2.28. The van der Waals surface area contributed by atoms with Crippen molar-refractivity contribution in [2.75, 3.05) is 0 Å². The van der Waals surface area contributed by atoms with E-state index in [2.05, 4.69) is 43.0 Å². The molecule has 0 fully saturated rings. The summed E-state index contributed by atoms with van der Waals surface area (Å²) in [7, 11) is 0. The third-order valence-electron chi connectivity index (χ3n) is 2.46. The number of rotatable bonds is 1. The van der Waals surface area contributed by atoms with E-state index in [1.807, 2.05) is 0 Å². The number of benzene rings is 1. The second-order valence-electron chi connectivity index (χ2n) is 3.29. The molecule has 64 valence electrons. The Kier molecular flexibility index (Phi) is 2.40. The lowest BCUT2D eigenvalue weighted by Gasteiger charge is -2.22. The summed E-state index contributed by atoms with van der Waals surface area (Å²) in [4.78, 5) is 1.51. The van der Waals surface area contributed by atoms with Crippen molar-refractivity contribution < 1.29 is 0 Å². The number of hydrogen-bond acceptors (Lipinski definition) is 1. The Morgan fingerprint density at radius 2 is 2.25 bits per heavy atom. The van der Waals surface area contributed by atoms with Gasteiger partial charge in [-0.05, 0) is 30.9 Å². The Morgan fingerprint density at radius 3 is 3.08 bits per heavy atom. The lowest BCUT2D eigenvalue weighted by atomic mass is 10.1. The molecule has 1 aromatic carbocycles. The van der Waals surface area contributed by atoms with Gasteiger partial charge in [-0.1, -0.05) is 25.1 Å². The number of aryl methyl sites for hydroxylation is 1. The Labute approximate surface area is 78.4 Å². The maximum atomic E-state index is 2.28. The molecule has 1 heterocycles. The van der Waals surface area contributed by atoms with Crippen LogP contribution < -0.4 is 0 Å². The van der Waals surface area contributed by atoms with Gasteiger partial charge in [0.05, 0.1) is 0 Å². The highest BCUT2D eigenvalue weighted by Gasteiger charge is 2.16. The van der Waals surface area contributed by atoms with Gasteiger partial charge in [0.1, 0.15) is 0 Å². The topological polar surface area (TPSA) is 0 Å². The van der Waals surface area contributed by atoms with E-state index in [1.54, 1.807) is 5.56 Å². The first-order chi connectivity index (χ1) is 5.90. The molecule has 1 aliphatic heterocycles. The molecule has 0 nitrogen and oxygen atoms in total. The number of thioether (sulfide) groups is 1. The standard InChI is InChI=1S/C11H14S/c1-2-10-8-7-9-5-3-4-6-11(9)12-10/h3-6,10H,2,7-8H2,1H3/t10-/m1/s1. The third-order valence-corrected chi connectivity index (χ3v) is 4.01. The Balaban J connectivity index is 2.23. The molecule has 12 heavy (non-hydrogen) atoms. The van der Waals surface area contributed by atoms with Crippen molar-refractivity contribution in [1.82, 2.24) is 0 Å². The SMILES string of the molecule is CC[C@@H]1CCc2ccccc2S1. The van der Waals surface area contributed by atoms with Gasteiger partial charge < -0.3 is 0 Å². The van der Waals surface area contributed by atoms with Crippen LogP contribution in [0.4, 0.5) is 0 Å². The minimum Gasteiger partial charge on any atom is -0.122 e. The zero-order valence-electron chi connectivity index (χ0n) is 7.42. The molecule has 0 unspecified atom stereocenters. The Bertz CT molecular complexity index is 267. The molecule has 0 bridgehead atoms. The van der Waals surface area contributed by atoms with Crippen LogP contribution in [0.2, 0.25) is 0 Å². The molecule has 0 aromatic heterocycles. The average Bonchev–Trinajstić information content (AvgIpc) is 2.17. The maximum absolute atomic E-state index is 2.28. The lowest BCUT2D eigenvalue weighted by Crippen LogP contribution is -2.08. The highest BCUT2D eigenvalue weighted by Crippen LogP contribution is 2.36. The van der Waals surface area contributed by atoms with Crippen molar-refractivity contribution >= 4 is 11.8 Å². The normalized spacial score (nSPS) is 21.9. The predicted octanol–water partition coefficient (Wildman–Crippen LogP) is 3.50. The summed E-state index contributed by atoms with van der Waals surface area (Å²) in [5.74, 6) is 0. The number of fused-ring (bicyclic) bond motifs is 1. The molecule has 0 radical (unpaired) electrons. The highest BCUT2D eigenvalue weighted by atomic mass is 32.2. The van der Waals surface area contributed by atoms with Crippen molar-refractivity contribution in [3.05, 3.63) is 29.8 Å². The lowest BCUT2D eigenvalue weighted by molar-refractivity contribution is 0.714. The summed E-state index contributed by atoms with van der Waals surface area (Å²) in [6, 6.07) is 8.80. The van der Waals surface area contributed by atoms with Crippen LogP contribution in [0.25, 0.3) is 0 Å². The summed E-state index contributed by atoms with van der Waals surface area (Å²) < 4.78 is 0. The second-order valence-corrected chi connectivity index (χ2v) is 4.64. The van der Waals surface area contributed by atoms with Gasteiger partial charge in [0.25, 0.3) is 0 Å². The van der Waals surface area contributed by atoms with Gasteiger partial charge in [0.2, 0.25) is 0 Å². The number of hydrogen-bond donors (Lipinski definition) is 0. The molecular weight excluding hydrogens is 164 g/mol. The first-order valence-electron chi connectivity index (χ1n) is 4.64. The summed E-state index contributed by atoms with van der Waals surface area (Å²) in [5.41, 5.74) is 1.55. The van der Waals surface area contributed by atoms with Gasteiger partial charge in [-0.2, -0.15) is 0 Å². The van der Waals surface area contributed by atoms with Crippen LogP contribution in [0.15, 0.2) is 29.2 Å². The first kappa shape index (κ1) is 8.18. The van der Waals surface area contributed by atoms with Crippen LogP contribution in [0.5, 0.6) is 0 Å². The molecule has 1 atom stereocenters. The molecule has 0 N–H and O–H groups in total. The molecule has 1 aliphatic rings. The minimum atomic E-state index is 0.861. The predicted molar refractivity (Wildman–Crippen MR) is 54.7 cm³/mol. The molecule has 0 aliphatic carbocycles. The van der Waals surface area contributed by atoms with E-state index >= 15 is 0 Å². The van der Waals surface area contributed by atoms with E-state index in [0.717, 1.165) is 5.25 Å². The molecule has 0 amide bonds. The maximum Gasteiger partial charge on any atom is 0.0107 e. The van der Waals surface area contributed by atoms with E-state index in [9.17, 15) is 0 Å². The molecule has 0 spiro atoms. The van der Waals surface area contributed by atoms with E-state index in [0.29, 0.717) is 0 Å². The minimum absolute atomic E-state index is 0.861. The zero-order valence-corrected chi connectivity index (χ0v) is 8.23. The summed E-state index contributed by atoms with van der Waals surface area (Å²) in [5, 5.41) is 0.861. The van der Waals surface area contributed by atoms with Gasteiger partial charge in [-0.25, -0.2) is 0 Å². The quantitative estimate of drug-likeness (QED) is 0.634. The smallest absolute Gasteiger partial charge is 0.0107 e. The van der Waals surface area contributed by atoms with Crippen molar-refractivity contribution in [3.8, 4) is 0 Å². The van der Waals surface area contributed by atoms with Crippen LogP contribution in [-0.4, -0.2) is 5.25 Å². The van der Waals surface area contributed by atoms with Gasteiger partial charge in [-0.15, -0.1) is 11.8 Å². The third kappa shape index (κ3) is 1.51. The van der Waals surface area contributed by atoms with Gasteiger partial charge >= 0.3 is 0 Å². The molecule has 0 saturated heterocycles. The van der Waals surface area contributed by atoms with E-state index in [-0.39, 0.29) is 0 Å². The van der Waals surface area contributed by atoms with Crippen molar-refractivity contribution in [3.63, 3.8) is 0 Å². The van der Waals surface area contributed by atoms with Crippen molar-refractivity contribution in [2.24, 2.45) is 0 Å². The molecule has 2 rings (SSSR count). The first-order valence-corrected chi connectivity index (χ1v) is 5.52. The molecule has 1 heteroatoms. The second kappa shape index (κ2) is 3.53. The Hall–Kier alpha value is -0.430. The monoisotopic (exact) mass is 178 g/mol. The van der Waals surface area contributed by atoms with Crippen LogP contribution in [0, 0.1) is 0 Å². The van der Waals surface area contributed by atoms with Crippen LogP contribution >= 0.6 is 11.8 Å². The average molecular weight is 178 g/mol. The van der Waals surface area contributed by atoms with Crippen LogP contribution in [-0.2, 0) is 6.42 Å².